The van der Waals surface area contributed by atoms with Gasteiger partial charge in [-0.3, -0.25) is 4.79 Å². The van der Waals surface area contributed by atoms with Crippen molar-refractivity contribution in [3.8, 4) is 5.69 Å². The monoisotopic (exact) mass is 329 g/mol. The van der Waals surface area contributed by atoms with E-state index in [1.165, 1.54) is 24.4 Å². The summed E-state index contributed by atoms with van der Waals surface area (Å²) in [6, 6.07) is 13.4. The van der Waals surface area contributed by atoms with E-state index in [0.29, 0.717) is 16.3 Å². The maximum Gasteiger partial charge on any atom is 0.259 e. The van der Waals surface area contributed by atoms with Crippen molar-refractivity contribution in [2.75, 3.05) is 5.32 Å². The third-order valence-corrected chi connectivity index (χ3v) is 3.67. The molecule has 0 atom stereocenters. The van der Waals surface area contributed by atoms with Crippen LogP contribution in [0.15, 0.2) is 54.7 Å². The largest absolute Gasteiger partial charge is 0.319 e. The van der Waals surface area contributed by atoms with Gasteiger partial charge in [-0.05, 0) is 37.3 Å². The molecule has 3 rings (SSSR count). The number of carbonyl (C=O) groups is 1. The molecule has 6 heteroatoms. The van der Waals surface area contributed by atoms with Crippen LogP contribution < -0.4 is 5.32 Å². The minimum Gasteiger partial charge on any atom is -0.319 e. The Labute approximate surface area is 137 Å². The molecule has 0 aliphatic heterocycles. The predicted octanol–water partition coefficient (Wildman–Crippen LogP) is 4.23. The molecule has 116 valence electrons. The lowest BCUT2D eigenvalue weighted by molar-refractivity contribution is 0.102. The van der Waals surface area contributed by atoms with Gasteiger partial charge in [-0.15, -0.1) is 0 Å². The van der Waals surface area contributed by atoms with E-state index < -0.39 is 11.7 Å². The molecule has 23 heavy (non-hydrogen) atoms. The average molecular weight is 330 g/mol. The highest BCUT2D eigenvalue weighted by Gasteiger charge is 2.16. The van der Waals surface area contributed by atoms with Gasteiger partial charge in [0.15, 0.2) is 0 Å². The van der Waals surface area contributed by atoms with Gasteiger partial charge < -0.3 is 5.32 Å². The molecular weight excluding hydrogens is 317 g/mol. The highest BCUT2D eigenvalue weighted by atomic mass is 35.5. The number of nitrogens with one attached hydrogen (secondary N) is 1. The summed E-state index contributed by atoms with van der Waals surface area (Å²) in [5.41, 5.74) is 1.91. The summed E-state index contributed by atoms with van der Waals surface area (Å²) < 4.78 is 15.4. The summed E-state index contributed by atoms with van der Waals surface area (Å²) in [6.45, 7) is 1.78. The van der Waals surface area contributed by atoms with Crippen LogP contribution in [0.3, 0.4) is 0 Å². The van der Waals surface area contributed by atoms with Crippen LogP contribution in [-0.2, 0) is 0 Å². The van der Waals surface area contributed by atoms with Crippen LogP contribution in [-0.4, -0.2) is 15.7 Å². The average Bonchev–Trinajstić information content (AvgIpc) is 2.93. The van der Waals surface area contributed by atoms with Crippen molar-refractivity contribution in [1.29, 1.82) is 0 Å². The van der Waals surface area contributed by atoms with Gasteiger partial charge in [-0.25, -0.2) is 9.07 Å². The molecule has 1 aromatic heterocycles. The zero-order chi connectivity index (χ0) is 16.4. The van der Waals surface area contributed by atoms with E-state index >= 15 is 0 Å². The van der Waals surface area contributed by atoms with Gasteiger partial charge in [0.2, 0.25) is 0 Å². The van der Waals surface area contributed by atoms with Crippen molar-refractivity contribution in [2.45, 2.75) is 6.92 Å². The molecule has 1 N–H and O–H groups in total. The first-order valence-electron chi connectivity index (χ1n) is 6.92. The first-order chi connectivity index (χ1) is 11.1. The highest BCUT2D eigenvalue weighted by molar-refractivity contribution is 6.31. The minimum atomic E-state index is -0.546. The third kappa shape index (κ3) is 3.10. The lowest BCUT2D eigenvalue weighted by Crippen LogP contribution is -2.14. The molecular formula is C17H13ClFN3O. The zero-order valence-corrected chi connectivity index (χ0v) is 13.0. The van der Waals surface area contributed by atoms with Crippen molar-refractivity contribution < 1.29 is 9.18 Å². The number of para-hydroxylation sites is 1. The molecule has 0 bridgehead atoms. The first kappa shape index (κ1) is 15.2. The van der Waals surface area contributed by atoms with E-state index in [1.54, 1.807) is 11.6 Å². The summed E-state index contributed by atoms with van der Waals surface area (Å²) in [4.78, 5) is 12.4. The van der Waals surface area contributed by atoms with Gasteiger partial charge >= 0.3 is 0 Å². The van der Waals surface area contributed by atoms with Gasteiger partial charge in [0.05, 0.1) is 28.8 Å². The van der Waals surface area contributed by atoms with Crippen LogP contribution in [0.4, 0.5) is 10.1 Å². The highest BCUT2D eigenvalue weighted by Crippen LogP contribution is 2.21. The van der Waals surface area contributed by atoms with Gasteiger partial charge in [-0.1, -0.05) is 29.8 Å². The normalized spacial score (nSPS) is 10.6. The molecule has 0 fully saturated rings. The SMILES string of the molecule is Cc1c(C(=O)Nc2cc(Cl)ccc2F)cnn1-c1ccccc1. The third-order valence-electron chi connectivity index (χ3n) is 3.43. The second-order valence-electron chi connectivity index (χ2n) is 4.97. The van der Waals surface area contributed by atoms with Crippen molar-refractivity contribution in [2.24, 2.45) is 0 Å². The van der Waals surface area contributed by atoms with Gasteiger partial charge in [0.25, 0.3) is 5.91 Å². The lowest BCUT2D eigenvalue weighted by Gasteiger charge is -2.07. The standard InChI is InChI=1S/C17H13ClFN3O/c1-11-14(10-20-22(11)13-5-3-2-4-6-13)17(23)21-16-9-12(18)7-8-15(16)19/h2-10H,1H3,(H,21,23). The van der Waals surface area contributed by atoms with E-state index in [0.717, 1.165) is 5.69 Å². The number of anilines is 1. The molecule has 4 nitrogen and oxygen atoms in total. The molecule has 2 aromatic carbocycles. The number of hydrogen-bond acceptors (Lipinski definition) is 2. The molecule has 1 amide bonds. The molecule has 1 heterocycles. The van der Waals surface area contributed by atoms with Gasteiger partial charge in [0, 0.05) is 5.02 Å². The van der Waals surface area contributed by atoms with E-state index in [9.17, 15) is 9.18 Å². The number of nitrogens with zero attached hydrogens (tertiary/aromatic N) is 2. The Bertz CT molecular complexity index is 862. The fourth-order valence-corrected chi connectivity index (χ4v) is 2.42. The molecule has 0 spiro atoms. The second kappa shape index (κ2) is 6.22. The lowest BCUT2D eigenvalue weighted by atomic mass is 10.2. The van der Waals surface area contributed by atoms with E-state index in [4.69, 9.17) is 11.6 Å². The number of aromatic nitrogens is 2. The maximum absolute atomic E-state index is 13.7. The number of rotatable bonds is 3. The topological polar surface area (TPSA) is 46.9 Å². The Balaban J connectivity index is 1.89. The van der Waals surface area contributed by atoms with Crippen LogP contribution in [0.1, 0.15) is 16.1 Å². The van der Waals surface area contributed by atoms with E-state index in [-0.39, 0.29) is 5.69 Å². The summed E-state index contributed by atoms with van der Waals surface area (Å²) in [6.07, 6.45) is 1.46. The number of hydrogen-bond donors (Lipinski definition) is 1. The molecule has 0 saturated carbocycles. The smallest absolute Gasteiger partial charge is 0.259 e. The van der Waals surface area contributed by atoms with Crippen molar-refractivity contribution >= 4 is 23.2 Å². The number of carbonyl (C=O) groups excluding carboxylic acids is 1. The van der Waals surface area contributed by atoms with Crippen molar-refractivity contribution in [3.05, 3.63) is 76.8 Å². The van der Waals surface area contributed by atoms with Crippen molar-refractivity contribution in [1.82, 2.24) is 9.78 Å². The van der Waals surface area contributed by atoms with Crippen molar-refractivity contribution in [3.63, 3.8) is 0 Å². The van der Waals surface area contributed by atoms with Gasteiger partial charge in [-0.2, -0.15) is 5.10 Å². The number of halogens is 2. The summed E-state index contributed by atoms with van der Waals surface area (Å²) in [5, 5.41) is 7.09. The Morgan fingerprint density at radius 2 is 1.96 bits per heavy atom. The number of benzene rings is 2. The first-order valence-corrected chi connectivity index (χ1v) is 7.30. The summed E-state index contributed by atoms with van der Waals surface area (Å²) >= 11 is 5.83. The fourth-order valence-electron chi connectivity index (χ4n) is 2.24. The van der Waals surface area contributed by atoms with Crippen LogP contribution in [0.25, 0.3) is 5.69 Å². The molecule has 0 unspecified atom stereocenters. The Morgan fingerprint density at radius 3 is 2.70 bits per heavy atom. The molecule has 0 aliphatic carbocycles. The van der Waals surface area contributed by atoms with E-state index in [2.05, 4.69) is 10.4 Å². The van der Waals surface area contributed by atoms with Crippen LogP contribution >= 0.6 is 11.6 Å². The Kier molecular flexibility index (Phi) is 4.12. The zero-order valence-electron chi connectivity index (χ0n) is 12.3. The maximum atomic E-state index is 13.7. The quantitative estimate of drug-likeness (QED) is 0.781. The van der Waals surface area contributed by atoms with Crippen LogP contribution in [0.5, 0.6) is 0 Å². The second-order valence-corrected chi connectivity index (χ2v) is 5.41. The molecule has 0 radical (unpaired) electrons. The Hall–Kier alpha value is -2.66. The Morgan fingerprint density at radius 1 is 1.22 bits per heavy atom. The molecule has 0 aliphatic rings. The minimum absolute atomic E-state index is 0.0364. The molecule has 3 aromatic rings. The van der Waals surface area contributed by atoms with Crippen LogP contribution in [0, 0.1) is 12.7 Å². The summed E-state index contributed by atoms with van der Waals surface area (Å²) in [5.74, 6) is -0.985. The molecule has 0 saturated heterocycles. The predicted molar refractivity (Wildman–Crippen MR) is 87.7 cm³/mol. The van der Waals surface area contributed by atoms with E-state index in [1.807, 2.05) is 30.3 Å². The van der Waals surface area contributed by atoms with Crippen LogP contribution in [0.2, 0.25) is 5.02 Å². The fraction of sp³-hybridized carbons (Fsp3) is 0.0588. The van der Waals surface area contributed by atoms with Gasteiger partial charge in [0.1, 0.15) is 5.82 Å². The number of amides is 1. The summed E-state index contributed by atoms with van der Waals surface area (Å²) in [7, 11) is 0.